The van der Waals surface area contributed by atoms with E-state index >= 15 is 0 Å². The van der Waals surface area contributed by atoms with Crippen LogP contribution in [-0.2, 0) is 14.6 Å². The predicted molar refractivity (Wildman–Crippen MR) is 83.3 cm³/mol. The van der Waals surface area contributed by atoms with E-state index in [2.05, 4.69) is 5.32 Å². The summed E-state index contributed by atoms with van der Waals surface area (Å²) in [6, 6.07) is 6.83. The molecule has 1 fully saturated rings. The van der Waals surface area contributed by atoms with Gasteiger partial charge in [-0.15, -0.1) is 0 Å². The highest BCUT2D eigenvalue weighted by molar-refractivity contribution is 7.91. The Bertz CT molecular complexity index is 685. The summed E-state index contributed by atoms with van der Waals surface area (Å²) < 4.78 is 22.9. The molecule has 0 saturated carbocycles. The van der Waals surface area contributed by atoms with Crippen molar-refractivity contribution in [1.82, 2.24) is 10.2 Å². The minimum absolute atomic E-state index is 0.000972. The number of hydrogen-bond acceptors (Lipinski definition) is 4. The molecule has 7 heteroatoms. The first kappa shape index (κ1) is 16.5. The van der Waals surface area contributed by atoms with Gasteiger partial charge in [0.2, 0.25) is 5.91 Å². The van der Waals surface area contributed by atoms with Crippen LogP contribution in [0.1, 0.15) is 22.3 Å². The highest BCUT2D eigenvalue weighted by atomic mass is 32.2. The van der Waals surface area contributed by atoms with Gasteiger partial charge in [-0.3, -0.25) is 9.59 Å². The van der Waals surface area contributed by atoms with Crippen LogP contribution in [0.4, 0.5) is 0 Å². The van der Waals surface area contributed by atoms with Gasteiger partial charge in [-0.2, -0.15) is 0 Å². The third-order valence-electron chi connectivity index (χ3n) is 3.94. The van der Waals surface area contributed by atoms with E-state index in [1.165, 1.54) is 4.90 Å². The molecule has 120 valence electrons. The predicted octanol–water partition coefficient (Wildman–Crippen LogP) is 0.370. The maximum absolute atomic E-state index is 12.1. The summed E-state index contributed by atoms with van der Waals surface area (Å²) in [6.07, 6.45) is 0.455. The van der Waals surface area contributed by atoms with E-state index in [1.54, 1.807) is 19.2 Å². The number of likely N-dealkylation sites (N-methyl/N-ethyl adjacent to an activating group) is 1. The average molecular weight is 324 g/mol. The van der Waals surface area contributed by atoms with Crippen LogP contribution in [-0.4, -0.2) is 56.3 Å². The van der Waals surface area contributed by atoms with Crippen LogP contribution >= 0.6 is 0 Å². The van der Waals surface area contributed by atoms with Gasteiger partial charge >= 0.3 is 0 Å². The van der Waals surface area contributed by atoms with Crippen molar-refractivity contribution >= 4 is 21.7 Å². The topological polar surface area (TPSA) is 83.6 Å². The molecule has 6 nitrogen and oxygen atoms in total. The van der Waals surface area contributed by atoms with Crippen molar-refractivity contribution in [2.24, 2.45) is 0 Å². The largest absolute Gasteiger partial charge is 0.343 e. The Morgan fingerprint density at radius 2 is 2.00 bits per heavy atom. The van der Waals surface area contributed by atoms with Crippen molar-refractivity contribution in [3.63, 3.8) is 0 Å². The molecule has 1 unspecified atom stereocenters. The molecule has 2 rings (SSSR count). The maximum Gasteiger partial charge on any atom is 0.251 e. The van der Waals surface area contributed by atoms with Crippen LogP contribution in [0.5, 0.6) is 0 Å². The normalized spacial score (nSPS) is 19.6. The van der Waals surface area contributed by atoms with Crippen molar-refractivity contribution in [1.29, 1.82) is 0 Å². The van der Waals surface area contributed by atoms with Crippen molar-refractivity contribution < 1.29 is 18.0 Å². The van der Waals surface area contributed by atoms with Crippen molar-refractivity contribution in [2.75, 3.05) is 25.1 Å². The van der Waals surface area contributed by atoms with Crippen LogP contribution in [0.15, 0.2) is 24.3 Å². The van der Waals surface area contributed by atoms with Gasteiger partial charge in [-0.25, -0.2) is 8.42 Å². The first-order chi connectivity index (χ1) is 10.3. The van der Waals surface area contributed by atoms with Crippen molar-refractivity contribution in [2.45, 2.75) is 19.4 Å². The zero-order chi connectivity index (χ0) is 16.3. The maximum atomic E-state index is 12.1. The monoisotopic (exact) mass is 324 g/mol. The lowest BCUT2D eigenvalue weighted by molar-refractivity contribution is -0.130. The number of carbonyl (C=O) groups excluding carboxylic acids is 2. The molecule has 0 radical (unpaired) electrons. The van der Waals surface area contributed by atoms with Gasteiger partial charge in [-0.05, 0) is 25.0 Å². The van der Waals surface area contributed by atoms with E-state index in [0.717, 1.165) is 5.56 Å². The Kier molecular flexibility index (Phi) is 4.85. The summed E-state index contributed by atoms with van der Waals surface area (Å²) in [5.41, 5.74) is 1.36. The van der Waals surface area contributed by atoms with Crippen LogP contribution in [0.3, 0.4) is 0 Å². The van der Waals surface area contributed by atoms with Crippen LogP contribution in [0, 0.1) is 6.92 Å². The van der Waals surface area contributed by atoms with E-state index in [4.69, 9.17) is 0 Å². The van der Waals surface area contributed by atoms with Gasteiger partial charge in [0.05, 0.1) is 18.1 Å². The summed E-state index contributed by atoms with van der Waals surface area (Å²) in [4.78, 5) is 25.5. The fourth-order valence-electron chi connectivity index (χ4n) is 2.49. The zero-order valence-electron chi connectivity index (χ0n) is 12.7. The number of hydrogen-bond donors (Lipinski definition) is 1. The third-order valence-corrected chi connectivity index (χ3v) is 5.69. The first-order valence-electron chi connectivity index (χ1n) is 7.10. The lowest BCUT2D eigenvalue weighted by Gasteiger charge is -2.23. The second kappa shape index (κ2) is 6.48. The van der Waals surface area contributed by atoms with Crippen molar-refractivity contribution in [3.05, 3.63) is 35.4 Å². The number of sulfone groups is 1. The molecule has 0 spiro atoms. The van der Waals surface area contributed by atoms with Crippen LogP contribution < -0.4 is 5.32 Å². The van der Waals surface area contributed by atoms with E-state index in [0.29, 0.717) is 12.0 Å². The van der Waals surface area contributed by atoms with Gasteiger partial charge in [-0.1, -0.05) is 18.2 Å². The highest BCUT2D eigenvalue weighted by Gasteiger charge is 2.32. The third kappa shape index (κ3) is 3.85. The second-order valence-corrected chi connectivity index (χ2v) is 7.79. The van der Waals surface area contributed by atoms with Crippen LogP contribution in [0.25, 0.3) is 0 Å². The Hall–Kier alpha value is -1.89. The Balaban J connectivity index is 1.90. The summed E-state index contributed by atoms with van der Waals surface area (Å²) in [5.74, 6) is -0.478. The zero-order valence-corrected chi connectivity index (χ0v) is 13.5. The van der Waals surface area contributed by atoms with Gasteiger partial charge in [0.25, 0.3) is 5.91 Å². The average Bonchev–Trinajstić information content (AvgIpc) is 2.84. The Morgan fingerprint density at radius 1 is 1.32 bits per heavy atom. The summed E-state index contributed by atoms with van der Waals surface area (Å²) >= 11 is 0. The number of rotatable bonds is 4. The van der Waals surface area contributed by atoms with Gasteiger partial charge in [0.15, 0.2) is 9.84 Å². The van der Waals surface area contributed by atoms with E-state index in [-0.39, 0.29) is 35.9 Å². The second-order valence-electron chi connectivity index (χ2n) is 5.56. The molecule has 1 N–H and O–H groups in total. The van der Waals surface area contributed by atoms with Crippen molar-refractivity contribution in [3.8, 4) is 0 Å². The fraction of sp³-hybridized carbons (Fsp3) is 0.467. The molecule has 1 atom stereocenters. The number of benzene rings is 1. The van der Waals surface area contributed by atoms with E-state index < -0.39 is 9.84 Å². The molecular weight excluding hydrogens is 304 g/mol. The standard InChI is InChI=1S/C15H20N2O4S/c1-11-5-3-4-6-13(11)15(19)16-9-14(18)17(2)12-7-8-22(20,21)10-12/h3-6,12H,7-10H2,1-2H3,(H,16,19). The molecule has 0 aromatic heterocycles. The SMILES string of the molecule is Cc1ccccc1C(=O)NCC(=O)N(C)C1CCS(=O)(=O)C1. The molecule has 1 aromatic rings. The minimum Gasteiger partial charge on any atom is -0.343 e. The first-order valence-corrected chi connectivity index (χ1v) is 8.92. The van der Waals surface area contributed by atoms with Gasteiger partial charge < -0.3 is 10.2 Å². The highest BCUT2D eigenvalue weighted by Crippen LogP contribution is 2.16. The molecular formula is C15H20N2O4S. The van der Waals surface area contributed by atoms with Crippen LogP contribution in [0.2, 0.25) is 0 Å². The molecule has 2 amide bonds. The smallest absolute Gasteiger partial charge is 0.251 e. The Morgan fingerprint density at radius 3 is 2.59 bits per heavy atom. The lowest BCUT2D eigenvalue weighted by atomic mass is 10.1. The quantitative estimate of drug-likeness (QED) is 0.867. The Labute approximate surface area is 130 Å². The number of carbonyl (C=O) groups is 2. The van der Waals surface area contributed by atoms with Gasteiger partial charge in [0, 0.05) is 18.7 Å². The molecule has 0 bridgehead atoms. The summed E-state index contributed by atoms with van der Waals surface area (Å²) in [7, 11) is -1.46. The number of amides is 2. The lowest BCUT2D eigenvalue weighted by Crippen LogP contribution is -2.43. The summed E-state index contributed by atoms with van der Waals surface area (Å²) in [5, 5.41) is 2.59. The number of nitrogens with zero attached hydrogens (tertiary/aromatic N) is 1. The molecule has 1 aromatic carbocycles. The molecule has 1 heterocycles. The van der Waals surface area contributed by atoms with E-state index in [1.807, 2.05) is 19.1 Å². The minimum atomic E-state index is -3.04. The summed E-state index contributed by atoms with van der Waals surface area (Å²) in [6.45, 7) is 1.69. The number of aryl methyl sites for hydroxylation is 1. The molecule has 1 saturated heterocycles. The fourth-order valence-corrected chi connectivity index (χ4v) is 4.26. The molecule has 1 aliphatic heterocycles. The molecule has 1 aliphatic rings. The van der Waals surface area contributed by atoms with E-state index in [9.17, 15) is 18.0 Å². The molecule has 22 heavy (non-hydrogen) atoms. The number of nitrogens with one attached hydrogen (secondary N) is 1. The molecule has 0 aliphatic carbocycles. The van der Waals surface area contributed by atoms with Gasteiger partial charge in [0.1, 0.15) is 0 Å².